The number of imide groups is 1. The number of nitrogens with one attached hydrogen (secondary N) is 3. The second-order valence-corrected chi connectivity index (χ2v) is 7.85. The van der Waals surface area contributed by atoms with Gasteiger partial charge in [0, 0.05) is 36.1 Å². The van der Waals surface area contributed by atoms with Crippen LogP contribution in [0.3, 0.4) is 0 Å². The Morgan fingerprint density at radius 1 is 1.39 bits per heavy atom. The van der Waals surface area contributed by atoms with Gasteiger partial charge in [0.1, 0.15) is 11.5 Å². The maximum Gasteiger partial charge on any atom is 0.254 e. The van der Waals surface area contributed by atoms with Crippen molar-refractivity contribution in [2.75, 3.05) is 0 Å². The van der Waals surface area contributed by atoms with Crippen LogP contribution in [0.1, 0.15) is 55.1 Å². The number of nitrogens with zero attached hydrogens (tertiary/aromatic N) is 1. The molecule has 31 heavy (non-hydrogen) atoms. The van der Waals surface area contributed by atoms with Gasteiger partial charge in [-0.1, -0.05) is 23.7 Å². The molecule has 0 aromatic heterocycles. The Morgan fingerprint density at radius 2 is 2.13 bits per heavy atom. The summed E-state index contributed by atoms with van der Waals surface area (Å²) in [6, 6.07) is 5.38. The van der Waals surface area contributed by atoms with Crippen LogP contribution in [0, 0.1) is 0 Å². The Morgan fingerprint density at radius 3 is 2.77 bits per heavy atom. The monoisotopic (exact) mass is 450 g/mol. The molecular formula is C21H27ClN4O5. The number of hydrogen-bond donors (Lipinski definition) is 4. The van der Waals surface area contributed by atoms with E-state index in [1.54, 1.807) is 17.9 Å². The Balaban J connectivity index is 1.90. The number of amides is 3. The van der Waals surface area contributed by atoms with Gasteiger partial charge in [-0.3, -0.25) is 19.7 Å². The first-order valence-corrected chi connectivity index (χ1v) is 10.1. The molecule has 1 aliphatic rings. The van der Waals surface area contributed by atoms with E-state index in [-0.39, 0.29) is 30.0 Å². The van der Waals surface area contributed by atoms with Crippen LogP contribution in [0.2, 0.25) is 0 Å². The molecule has 0 fully saturated rings. The summed E-state index contributed by atoms with van der Waals surface area (Å²) in [6.45, 7) is 5.87. The summed E-state index contributed by atoms with van der Waals surface area (Å²) in [5.41, 5.74) is 8.08. The lowest BCUT2D eigenvalue weighted by Crippen LogP contribution is -2.34. The quantitative estimate of drug-likeness (QED) is 0.134. The normalized spacial score (nSPS) is 15.3. The molecule has 1 aliphatic heterocycles. The third-order valence-electron chi connectivity index (χ3n) is 4.79. The van der Waals surface area contributed by atoms with E-state index in [9.17, 15) is 19.5 Å². The highest BCUT2D eigenvalue weighted by Crippen LogP contribution is 2.27. The van der Waals surface area contributed by atoms with Gasteiger partial charge in [-0.2, -0.15) is 10.4 Å². The molecule has 1 aromatic rings. The fraction of sp³-hybridized carbons (Fsp3) is 0.381. The highest BCUT2D eigenvalue weighted by Gasteiger charge is 2.30. The first-order chi connectivity index (χ1) is 14.7. The van der Waals surface area contributed by atoms with E-state index in [1.807, 2.05) is 19.1 Å². The van der Waals surface area contributed by atoms with Crippen LogP contribution in [0.15, 0.2) is 40.8 Å². The lowest BCUT2D eigenvalue weighted by Gasteiger charge is -2.23. The van der Waals surface area contributed by atoms with E-state index < -0.39 is 0 Å². The minimum Gasteiger partial charge on any atom is -0.510 e. The van der Waals surface area contributed by atoms with Crippen LogP contribution < -0.4 is 16.3 Å². The lowest BCUT2D eigenvalue weighted by atomic mass is 10.1. The summed E-state index contributed by atoms with van der Waals surface area (Å²) >= 11 is 5.81. The van der Waals surface area contributed by atoms with Gasteiger partial charge in [0.05, 0.1) is 0 Å². The molecule has 1 heterocycles. The van der Waals surface area contributed by atoms with Crippen LogP contribution in [0.5, 0.6) is 0 Å². The lowest BCUT2D eigenvalue weighted by molar-refractivity contribution is -0.125. The van der Waals surface area contributed by atoms with E-state index in [0.29, 0.717) is 42.2 Å². The fourth-order valence-corrected chi connectivity index (χ4v) is 3.22. The van der Waals surface area contributed by atoms with Crippen molar-refractivity contribution in [2.24, 2.45) is 0 Å². The van der Waals surface area contributed by atoms with Crippen molar-refractivity contribution in [3.63, 3.8) is 0 Å². The number of hydroxylamine groups is 2. The molecule has 0 saturated heterocycles. The van der Waals surface area contributed by atoms with Gasteiger partial charge in [0.2, 0.25) is 12.3 Å². The molecule has 2 rings (SSSR count). The minimum atomic E-state index is -0.362. The van der Waals surface area contributed by atoms with Crippen LogP contribution in [0.25, 0.3) is 0 Å². The Hall–Kier alpha value is -2.88. The molecule has 3 amide bonds. The summed E-state index contributed by atoms with van der Waals surface area (Å²) in [5, 5.41) is 12.2. The average molecular weight is 451 g/mol. The van der Waals surface area contributed by atoms with E-state index >= 15 is 0 Å². The molecule has 10 heteroatoms. The van der Waals surface area contributed by atoms with Crippen LogP contribution in [-0.4, -0.2) is 34.3 Å². The van der Waals surface area contributed by atoms with E-state index in [1.165, 1.54) is 13.0 Å². The fourth-order valence-electron chi connectivity index (χ4n) is 3.11. The molecule has 0 bridgehead atoms. The van der Waals surface area contributed by atoms with Gasteiger partial charge in [-0.25, -0.2) is 5.48 Å². The van der Waals surface area contributed by atoms with Crippen molar-refractivity contribution in [1.82, 2.24) is 21.2 Å². The number of carbonyl (C=O) groups excluding carboxylic acids is 3. The molecular weight excluding hydrogens is 424 g/mol. The summed E-state index contributed by atoms with van der Waals surface area (Å²) in [4.78, 5) is 41.4. The van der Waals surface area contributed by atoms with Crippen molar-refractivity contribution in [1.29, 1.82) is 0 Å². The van der Waals surface area contributed by atoms with E-state index in [4.69, 9.17) is 16.5 Å². The Bertz CT molecular complexity index is 892. The largest absolute Gasteiger partial charge is 0.510 e. The number of halogens is 1. The first kappa shape index (κ1) is 24.4. The molecule has 0 aliphatic carbocycles. The van der Waals surface area contributed by atoms with E-state index in [0.717, 1.165) is 11.1 Å². The molecule has 1 aromatic carbocycles. The van der Waals surface area contributed by atoms with E-state index in [2.05, 4.69) is 16.3 Å². The van der Waals surface area contributed by atoms with Gasteiger partial charge in [-0.05, 0) is 50.5 Å². The van der Waals surface area contributed by atoms with Crippen molar-refractivity contribution in [2.45, 2.75) is 52.7 Å². The Kier molecular flexibility index (Phi) is 9.04. The second-order valence-electron chi connectivity index (χ2n) is 7.25. The molecule has 168 valence electrons. The summed E-state index contributed by atoms with van der Waals surface area (Å²) in [6.07, 6.45) is 2.51. The molecule has 0 radical (unpaired) electrons. The number of benzene rings is 1. The van der Waals surface area contributed by atoms with Crippen molar-refractivity contribution in [3.05, 3.63) is 57.5 Å². The maximum absolute atomic E-state index is 12.7. The standard InChI is InChI=1S/C21H27ClN4O5/c1-13(22)8-19(15(3)28)25-31-24-10-16-5-6-18-17(9-16)11-26(21(18)30)14(2)4-7-20(29)23-12-27/h5-6,8-9,12,14,24-25,28H,4,7,10-11H2,1-3H3,(H,23,27,29)/b13-8+,19-15-. The number of aliphatic hydroxyl groups is 1. The predicted octanol–water partition coefficient (Wildman–Crippen LogP) is 2.54. The van der Waals surface area contributed by atoms with Gasteiger partial charge < -0.3 is 10.0 Å². The topological polar surface area (TPSA) is 120 Å². The highest BCUT2D eigenvalue weighted by atomic mass is 35.5. The first-order valence-electron chi connectivity index (χ1n) is 9.77. The van der Waals surface area contributed by atoms with Crippen LogP contribution >= 0.6 is 11.6 Å². The van der Waals surface area contributed by atoms with Crippen molar-refractivity contribution in [3.8, 4) is 0 Å². The molecule has 9 nitrogen and oxygen atoms in total. The molecule has 0 saturated carbocycles. The summed E-state index contributed by atoms with van der Waals surface area (Å²) in [5.74, 6) is -0.415. The summed E-state index contributed by atoms with van der Waals surface area (Å²) in [7, 11) is 0. The Labute approximate surface area is 186 Å². The number of aliphatic hydroxyl groups excluding tert-OH is 1. The maximum atomic E-state index is 12.7. The zero-order valence-electron chi connectivity index (χ0n) is 17.7. The average Bonchev–Trinajstić information content (AvgIpc) is 3.04. The molecule has 1 atom stereocenters. The third kappa shape index (κ3) is 7.09. The molecule has 0 spiro atoms. The number of rotatable bonds is 11. The zero-order valence-corrected chi connectivity index (χ0v) is 18.5. The minimum absolute atomic E-state index is 0.0238. The van der Waals surface area contributed by atoms with Gasteiger partial charge in [-0.15, -0.1) is 0 Å². The van der Waals surface area contributed by atoms with Crippen molar-refractivity contribution < 1.29 is 24.4 Å². The van der Waals surface area contributed by atoms with Gasteiger partial charge in [0.25, 0.3) is 5.91 Å². The second kappa shape index (κ2) is 11.5. The third-order valence-corrected chi connectivity index (χ3v) is 4.89. The number of fused-ring (bicyclic) bond motifs is 1. The van der Waals surface area contributed by atoms with Crippen LogP contribution in [0.4, 0.5) is 0 Å². The number of hydrogen-bond acceptors (Lipinski definition) is 7. The van der Waals surface area contributed by atoms with Gasteiger partial charge >= 0.3 is 0 Å². The van der Waals surface area contributed by atoms with Crippen molar-refractivity contribution >= 4 is 29.8 Å². The predicted molar refractivity (Wildman–Crippen MR) is 115 cm³/mol. The number of allylic oxidation sites excluding steroid dienone is 3. The molecule has 4 N–H and O–H groups in total. The SMILES string of the molecule is C/C(O)=C(\C=C(/C)Cl)NONCc1ccc2c(c1)CN(C(C)CCC(=O)NC=O)C2=O. The number of carbonyl (C=O) groups is 3. The highest BCUT2D eigenvalue weighted by molar-refractivity contribution is 6.29. The smallest absolute Gasteiger partial charge is 0.254 e. The molecule has 1 unspecified atom stereocenters. The van der Waals surface area contributed by atoms with Gasteiger partial charge in [0.15, 0.2) is 0 Å². The van der Waals surface area contributed by atoms with Crippen LogP contribution in [-0.2, 0) is 27.6 Å². The summed E-state index contributed by atoms with van der Waals surface area (Å²) < 4.78 is 0. The zero-order chi connectivity index (χ0) is 23.0.